The zero-order valence-electron chi connectivity index (χ0n) is 22.0. The van der Waals surface area contributed by atoms with Crippen LogP contribution in [-0.4, -0.2) is 34.1 Å². The molecule has 4 aromatic rings. The highest BCUT2D eigenvalue weighted by Crippen LogP contribution is 2.37. The summed E-state index contributed by atoms with van der Waals surface area (Å²) < 4.78 is 20.4. The van der Waals surface area contributed by atoms with Crippen LogP contribution in [-0.2, 0) is 6.42 Å². The Morgan fingerprint density at radius 2 is 1.95 bits per heavy atom. The Bertz CT molecular complexity index is 1370. The van der Waals surface area contributed by atoms with Crippen molar-refractivity contribution in [2.24, 2.45) is 0 Å². The molecule has 0 bridgehead atoms. The van der Waals surface area contributed by atoms with Crippen molar-refractivity contribution in [3.05, 3.63) is 71.1 Å². The number of benzene rings is 2. The molecule has 38 heavy (non-hydrogen) atoms. The van der Waals surface area contributed by atoms with Gasteiger partial charge in [0.05, 0.1) is 21.3 Å². The van der Waals surface area contributed by atoms with Gasteiger partial charge in [0.2, 0.25) is 5.95 Å². The van der Waals surface area contributed by atoms with E-state index >= 15 is 0 Å². The molecule has 5 rings (SSSR count). The summed E-state index contributed by atoms with van der Waals surface area (Å²) in [5.74, 6) is 0.228. The maximum atomic E-state index is 14.7. The number of nitrogens with zero attached hydrogens (tertiary/aromatic N) is 3. The minimum absolute atomic E-state index is 0.245. The van der Waals surface area contributed by atoms with E-state index < -0.39 is 5.82 Å². The minimum atomic E-state index is -0.416. The first-order chi connectivity index (χ1) is 18.6. The highest BCUT2D eigenvalue weighted by molar-refractivity contribution is 7.15. The number of aryl methyl sites for hydroxylation is 2. The van der Waals surface area contributed by atoms with E-state index in [0.29, 0.717) is 30.8 Å². The average molecular weight is 532 g/mol. The Morgan fingerprint density at radius 1 is 1.08 bits per heavy atom. The molecule has 1 aliphatic rings. The normalized spacial score (nSPS) is 13.7. The van der Waals surface area contributed by atoms with Crippen LogP contribution in [0.5, 0.6) is 5.75 Å². The first kappa shape index (κ1) is 26.3. The van der Waals surface area contributed by atoms with Gasteiger partial charge >= 0.3 is 0 Å². The maximum absolute atomic E-state index is 14.7. The lowest BCUT2D eigenvalue weighted by Gasteiger charge is -2.13. The van der Waals surface area contributed by atoms with Crippen LogP contribution in [0.3, 0.4) is 0 Å². The molecular weight excluding hydrogens is 497 g/mol. The first-order valence-electron chi connectivity index (χ1n) is 13.4. The molecule has 0 atom stereocenters. The molecule has 0 spiro atoms. The third-order valence-corrected chi connectivity index (χ3v) is 7.79. The fourth-order valence-electron chi connectivity index (χ4n) is 4.77. The summed E-state index contributed by atoms with van der Waals surface area (Å²) in [7, 11) is 0. The fourth-order valence-corrected chi connectivity index (χ4v) is 5.93. The lowest BCUT2D eigenvalue weighted by molar-refractivity contribution is 0.291. The summed E-state index contributed by atoms with van der Waals surface area (Å²) in [5, 5.41) is 7.71. The van der Waals surface area contributed by atoms with E-state index in [1.165, 1.54) is 37.3 Å². The van der Waals surface area contributed by atoms with E-state index in [1.54, 1.807) is 29.7 Å². The van der Waals surface area contributed by atoms with E-state index in [1.807, 2.05) is 12.1 Å². The molecule has 0 saturated heterocycles. The van der Waals surface area contributed by atoms with Gasteiger partial charge in [-0.05, 0) is 56.9 Å². The molecule has 8 heteroatoms. The number of hydrogen-bond acceptors (Lipinski definition) is 7. The smallest absolute Gasteiger partial charge is 0.227 e. The van der Waals surface area contributed by atoms with E-state index in [9.17, 15) is 4.39 Å². The van der Waals surface area contributed by atoms with Gasteiger partial charge in [-0.1, -0.05) is 43.5 Å². The van der Waals surface area contributed by atoms with Crippen molar-refractivity contribution in [3.63, 3.8) is 0 Å². The van der Waals surface area contributed by atoms with Crippen molar-refractivity contribution >= 4 is 23.0 Å². The molecule has 0 radical (unpaired) electrons. The van der Waals surface area contributed by atoms with E-state index in [-0.39, 0.29) is 5.75 Å². The quantitative estimate of drug-likeness (QED) is 0.198. The van der Waals surface area contributed by atoms with Gasteiger partial charge in [0.1, 0.15) is 6.61 Å². The van der Waals surface area contributed by atoms with E-state index in [4.69, 9.17) is 14.7 Å². The van der Waals surface area contributed by atoms with Crippen LogP contribution < -0.4 is 15.4 Å². The predicted molar refractivity (Wildman–Crippen MR) is 153 cm³/mol. The zero-order chi connectivity index (χ0) is 26.3. The molecule has 2 N–H and O–H groups in total. The molecule has 2 aromatic carbocycles. The van der Waals surface area contributed by atoms with Gasteiger partial charge in [-0.3, -0.25) is 0 Å². The van der Waals surface area contributed by atoms with Crippen molar-refractivity contribution in [3.8, 4) is 27.6 Å². The number of rotatable bonds is 11. The van der Waals surface area contributed by atoms with Crippen LogP contribution in [0.25, 0.3) is 21.8 Å². The Kier molecular flexibility index (Phi) is 8.61. The Hall–Kier alpha value is -3.36. The number of hydrogen-bond donors (Lipinski definition) is 2. The lowest BCUT2D eigenvalue weighted by atomic mass is 10.1. The zero-order valence-corrected chi connectivity index (χ0v) is 22.8. The van der Waals surface area contributed by atoms with Gasteiger partial charge in [-0.15, -0.1) is 11.3 Å². The van der Waals surface area contributed by atoms with Crippen LogP contribution in [0, 0.1) is 12.7 Å². The number of aromatic nitrogens is 3. The second kappa shape index (κ2) is 12.5. The maximum Gasteiger partial charge on any atom is 0.227 e. The average Bonchev–Trinajstić information content (AvgIpc) is 3.58. The summed E-state index contributed by atoms with van der Waals surface area (Å²) in [6, 6.07) is 15.7. The second-order valence-electron chi connectivity index (χ2n) is 9.72. The van der Waals surface area contributed by atoms with Gasteiger partial charge in [-0.25, -0.2) is 19.3 Å². The molecular formula is C30H34FN5OS. The predicted octanol–water partition coefficient (Wildman–Crippen LogP) is 7.32. The summed E-state index contributed by atoms with van der Waals surface area (Å²) in [5.41, 5.74) is 4.53. The molecule has 6 nitrogen and oxygen atoms in total. The Morgan fingerprint density at radius 3 is 2.74 bits per heavy atom. The molecule has 0 amide bonds. The van der Waals surface area contributed by atoms with Crippen molar-refractivity contribution in [2.75, 3.05) is 18.5 Å². The Balaban J connectivity index is 1.29. The number of thiazole rings is 1. The molecule has 2 heterocycles. The third-order valence-electron chi connectivity index (χ3n) is 6.65. The molecule has 1 saturated carbocycles. The largest absolute Gasteiger partial charge is 0.489 e. The van der Waals surface area contributed by atoms with Gasteiger partial charge < -0.3 is 15.4 Å². The molecule has 0 aliphatic heterocycles. The topological polar surface area (TPSA) is 72.0 Å². The lowest BCUT2D eigenvalue weighted by Crippen LogP contribution is -2.30. The van der Waals surface area contributed by atoms with Gasteiger partial charge in [0, 0.05) is 36.1 Å². The second-order valence-corrected chi connectivity index (χ2v) is 10.8. The summed E-state index contributed by atoms with van der Waals surface area (Å²) in [6.45, 7) is 5.39. The summed E-state index contributed by atoms with van der Waals surface area (Å²) in [6.07, 6.45) is 8.67. The molecule has 2 aromatic heterocycles. The van der Waals surface area contributed by atoms with Crippen molar-refractivity contribution in [2.45, 2.75) is 58.4 Å². The van der Waals surface area contributed by atoms with Gasteiger partial charge in [0.15, 0.2) is 11.6 Å². The molecule has 0 unspecified atom stereocenters. The number of ether oxygens (including phenoxy) is 1. The number of nitrogens with one attached hydrogen (secondary N) is 2. The minimum Gasteiger partial charge on any atom is -0.489 e. The van der Waals surface area contributed by atoms with Gasteiger partial charge in [0.25, 0.3) is 0 Å². The summed E-state index contributed by atoms with van der Waals surface area (Å²) >= 11 is 1.66. The summed E-state index contributed by atoms with van der Waals surface area (Å²) in [4.78, 5) is 15.1. The standard InChI is InChI=1S/C30H34FN5OS/c1-3-7-27-36-28(21-9-6-8-20(2)18-21)29(38-27)25-14-15-33-30(35-25)34-23-12-13-26(24(31)19-23)37-17-16-32-22-10-4-5-11-22/h6,8-9,12-15,18-19,22,32H,3-5,7,10-11,16-17H2,1-2H3,(H,33,34,35). The van der Waals surface area contributed by atoms with Crippen LogP contribution in [0.2, 0.25) is 0 Å². The highest BCUT2D eigenvalue weighted by atomic mass is 32.1. The third kappa shape index (κ3) is 6.55. The first-order valence-corrected chi connectivity index (χ1v) is 14.2. The number of anilines is 2. The molecule has 1 aliphatic carbocycles. The van der Waals surface area contributed by atoms with E-state index in [2.05, 4.69) is 47.7 Å². The van der Waals surface area contributed by atoms with Crippen LogP contribution in [0.1, 0.15) is 49.6 Å². The fraction of sp³-hybridized carbons (Fsp3) is 0.367. The van der Waals surface area contributed by atoms with Crippen molar-refractivity contribution in [1.29, 1.82) is 0 Å². The number of halogens is 1. The Labute approximate surface area is 227 Å². The van der Waals surface area contributed by atoms with Crippen LogP contribution >= 0.6 is 11.3 Å². The monoisotopic (exact) mass is 531 g/mol. The van der Waals surface area contributed by atoms with Crippen molar-refractivity contribution < 1.29 is 9.13 Å². The van der Waals surface area contributed by atoms with Crippen LogP contribution in [0.15, 0.2) is 54.7 Å². The molecule has 1 fully saturated rings. The van der Waals surface area contributed by atoms with E-state index in [0.717, 1.165) is 39.7 Å². The van der Waals surface area contributed by atoms with Gasteiger partial charge in [-0.2, -0.15) is 0 Å². The van der Waals surface area contributed by atoms with Crippen molar-refractivity contribution in [1.82, 2.24) is 20.3 Å². The molecule has 198 valence electrons. The van der Waals surface area contributed by atoms with Crippen LogP contribution in [0.4, 0.5) is 16.0 Å². The highest BCUT2D eigenvalue weighted by Gasteiger charge is 2.17. The SMILES string of the molecule is CCCc1nc(-c2cccc(C)c2)c(-c2ccnc(Nc3ccc(OCCNC4CCCC4)c(F)c3)n2)s1.